The van der Waals surface area contributed by atoms with Crippen LogP contribution in [-0.4, -0.2) is 47.6 Å². The number of hydrogen-bond acceptors (Lipinski definition) is 4. The molecule has 3 fully saturated rings. The van der Waals surface area contributed by atoms with E-state index in [0.29, 0.717) is 31.9 Å². The molecular formula is C19H25NO4. The maximum absolute atomic E-state index is 12.7. The van der Waals surface area contributed by atoms with Crippen LogP contribution in [0.3, 0.4) is 0 Å². The molecule has 1 saturated heterocycles. The van der Waals surface area contributed by atoms with Gasteiger partial charge in [0.25, 0.3) is 0 Å². The van der Waals surface area contributed by atoms with Crippen LogP contribution >= 0.6 is 0 Å². The number of carbonyl (C=O) groups is 1. The van der Waals surface area contributed by atoms with Gasteiger partial charge >= 0.3 is 0 Å². The Morgan fingerprint density at radius 1 is 1.29 bits per heavy atom. The predicted octanol–water partition coefficient (Wildman–Crippen LogP) is 1.20. The molecule has 1 heterocycles. The SMILES string of the molecule is O=C(NC[C@@H]1C[C@H](c2ccccc2)CO1)[C@]12CC[C@H](C1)[C@H](O)[C@@H]2O. The largest absolute Gasteiger partial charge is 0.390 e. The van der Waals surface area contributed by atoms with Crippen LogP contribution in [0.2, 0.25) is 0 Å². The lowest BCUT2D eigenvalue weighted by molar-refractivity contribution is -0.141. The van der Waals surface area contributed by atoms with Gasteiger partial charge in [0, 0.05) is 12.5 Å². The number of hydrogen-bond donors (Lipinski definition) is 3. The highest BCUT2D eigenvalue weighted by atomic mass is 16.5. The van der Waals surface area contributed by atoms with Gasteiger partial charge in [0.1, 0.15) is 0 Å². The Balaban J connectivity index is 1.32. The molecule has 5 nitrogen and oxygen atoms in total. The molecule has 3 N–H and O–H groups in total. The normalized spacial score (nSPS) is 40.8. The van der Waals surface area contributed by atoms with E-state index in [1.54, 1.807) is 0 Å². The summed E-state index contributed by atoms with van der Waals surface area (Å²) in [7, 11) is 0. The smallest absolute Gasteiger partial charge is 0.229 e. The van der Waals surface area contributed by atoms with Crippen LogP contribution in [0.5, 0.6) is 0 Å². The van der Waals surface area contributed by atoms with Gasteiger partial charge in [0.15, 0.2) is 0 Å². The minimum absolute atomic E-state index is 0.0104. The van der Waals surface area contributed by atoms with Crippen molar-refractivity contribution in [2.24, 2.45) is 11.3 Å². The Morgan fingerprint density at radius 3 is 2.79 bits per heavy atom. The first kappa shape index (κ1) is 16.1. The van der Waals surface area contributed by atoms with Gasteiger partial charge in [-0.2, -0.15) is 0 Å². The van der Waals surface area contributed by atoms with Crippen molar-refractivity contribution in [3.8, 4) is 0 Å². The molecular weight excluding hydrogens is 306 g/mol. The Morgan fingerprint density at radius 2 is 2.08 bits per heavy atom. The lowest BCUT2D eigenvalue weighted by Crippen LogP contribution is -2.50. The van der Waals surface area contributed by atoms with Gasteiger partial charge < -0.3 is 20.3 Å². The van der Waals surface area contributed by atoms with Gasteiger partial charge in [-0.1, -0.05) is 30.3 Å². The second kappa shape index (κ2) is 6.14. The molecule has 0 radical (unpaired) electrons. The molecule has 4 rings (SSSR count). The van der Waals surface area contributed by atoms with E-state index in [-0.39, 0.29) is 17.9 Å². The van der Waals surface area contributed by atoms with E-state index in [4.69, 9.17) is 4.74 Å². The first-order valence-corrected chi connectivity index (χ1v) is 8.91. The van der Waals surface area contributed by atoms with Crippen molar-refractivity contribution in [2.45, 2.75) is 49.9 Å². The summed E-state index contributed by atoms with van der Waals surface area (Å²) < 4.78 is 5.83. The highest BCUT2D eigenvalue weighted by Gasteiger charge is 2.61. The van der Waals surface area contributed by atoms with Crippen LogP contribution < -0.4 is 5.32 Å². The summed E-state index contributed by atoms with van der Waals surface area (Å²) in [6.07, 6.45) is 1.30. The van der Waals surface area contributed by atoms with E-state index in [0.717, 1.165) is 12.8 Å². The second-order valence-corrected chi connectivity index (χ2v) is 7.60. The standard InChI is InChI=1S/C19H25NO4/c21-16-13-6-7-19(9-13,17(16)22)18(23)20-10-15-8-14(11-24-15)12-4-2-1-3-5-12/h1-5,13-17,21-22H,6-11H2,(H,20,23)/t13-,14+,15+,16+,17+,19-/m1/s1. The zero-order valence-electron chi connectivity index (χ0n) is 13.7. The number of aliphatic hydroxyl groups is 2. The van der Waals surface area contributed by atoms with Crippen molar-refractivity contribution in [3.63, 3.8) is 0 Å². The molecule has 130 valence electrons. The van der Waals surface area contributed by atoms with Gasteiger partial charge in [-0.3, -0.25) is 4.79 Å². The number of benzene rings is 1. The molecule has 2 bridgehead atoms. The molecule has 1 aliphatic heterocycles. The van der Waals surface area contributed by atoms with Crippen molar-refractivity contribution in [1.29, 1.82) is 0 Å². The van der Waals surface area contributed by atoms with Crippen molar-refractivity contribution in [3.05, 3.63) is 35.9 Å². The van der Waals surface area contributed by atoms with E-state index in [9.17, 15) is 15.0 Å². The van der Waals surface area contributed by atoms with Crippen LogP contribution in [0.4, 0.5) is 0 Å². The first-order chi connectivity index (χ1) is 11.6. The molecule has 2 aliphatic carbocycles. The van der Waals surface area contributed by atoms with Crippen LogP contribution in [-0.2, 0) is 9.53 Å². The summed E-state index contributed by atoms with van der Waals surface area (Å²) in [6, 6.07) is 10.3. The van der Waals surface area contributed by atoms with Crippen LogP contribution in [0.15, 0.2) is 30.3 Å². The fraction of sp³-hybridized carbons (Fsp3) is 0.632. The molecule has 1 aromatic carbocycles. The number of rotatable bonds is 4. The van der Waals surface area contributed by atoms with E-state index < -0.39 is 17.6 Å². The third-order valence-corrected chi connectivity index (χ3v) is 6.25. The Hall–Kier alpha value is -1.43. The summed E-state index contributed by atoms with van der Waals surface area (Å²) in [5.74, 6) is 0.317. The van der Waals surface area contributed by atoms with Crippen LogP contribution in [0.1, 0.15) is 37.2 Å². The Bertz CT molecular complexity index is 607. The maximum Gasteiger partial charge on any atom is 0.229 e. The first-order valence-electron chi connectivity index (χ1n) is 8.91. The molecule has 24 heavy (non-hydrogen) atoms. The lowest BCUT2D eigenvalue weighted by Gasteiger charge is -2.32. The minimum atomic E-state index is -0.933. The average molecular weight is 331 g/mol. The molecule has 0 aromatic heterocycles. The van der Waals surface area contributed by atoms with Crippen molar-refractivity contribution < 1.29 is 19.7 Å². The van der Waals surface area contributed by atoms with E-state index in [1.807, 2.05) is 18.2 Å². The Labute approximate surface area is 142 Å². The molecule has 0 spiro atoms. The summed E-state index contributed by atoms with van der Waals surface area (Å²) in [6.45, 7) is 1.15. The molecule has 5 heteroatoms. The number of nitrogens with one attached hydrogen (secondary N) is 1. The quantitative estimate of drug-likeness (QED) is 0.775. The molecule has 1 aromatic rings. The average Bonchev–Trinajstić information content (AvgIpc) is 3.31. The van der Waals surface area contributed by atoms with Crippen molar-refractivity contribution in [2.75, 3.05) is 13.2 Å². The topological polar surface area (TPSA) is 78.8 Å². The zero-order valence-corrected chi connectivity index (χ0v) is 13.7. The van der Waals surface area contributed by atoms with Crippen LogP contribution in [0, 0.1) is 11.3 Å². The summed E-state index contributed by atoms with van der Waals surface area (Å²) >= 11 is 0. The highest BCUT2D eigenvalue weighted by Crippen LogP contribution is 2.54. The summed E-state index contributed by atoms with van der Waals surface area (Å²) in [5.41, 5.74) is 0.486. The maximum atomic E-state index is 12.7. The van der Waals surface area contributed by atoms with Crippen LogP contribution in [0.25, 0.3) is 0 Å². The Kier molecular flexibility index (Phi) is 4.11. The predicted molar refractivity (Wildman–Crippen MR) is 88.3 cm³/mol. The summed E-state index contributed by atoms with van der Waals surface area (Å²) in [5, 5.41) is 23.2. The van der Waals surface area contributed by atoms with Gasteiger partial charge in [0.2, 0.25) is 5.91 Å². The monoisotopic (exact) mass is 331 g/mol. The second-order valence-electron chi connectivity index (χ2n) is 7.60. The zero-order chi connectivity index (χ0) is 16.7. The fourth-order valence-electron chi connectivity index (χ4n) is 4.79. The van der Waals surface area contributed by atoms with E-state index in [1.165, 1.54) is 5.56 Å². The molecule has 6 atom stereocenters. The number of fused-ring (bicyclic) bond motifs is 2. The van der Waals surface area contributed by atoms with Gasteiger partial charge in [-0.15, -0.1) is 0 Å². The van der Waals surface area contributed by atoms with Crippen molar-refractivity contribution >= 4 is 5.91 Å². The molecule has 3 aliphatic rings. The van der Waals surface area contributed by atoms with E-state index in [2.05, 4.69) is 17.4 Å². The molecule has 0 unspecified atom stereocenters. The number of ether oxygens (including phenoxy) is 1. The number of carbonyl (C=O) groups excluding carboxylic acids is 1. The number of amides is 1. The third-order valence-electron chi connectivity index (χ3n) is 6.25. The van der Waals surface area contributed by atoms with Gasteiger partial charge in [0.05, 0.1) is 30.3 Å². The van der Waals surface area contributed by atoms with Gasteiger partial charge in [-0.05, 0) is 37.2 Å². The van der Waals surface area contributed by atoms with Crippen molar-refractivity contribution in [1.82, 2.24) is 5.32 Å². The van der Waals surface area contributed by atoms with Gasteiger partial charge in [-0.25, -0.2) is 0 Å². The number of aliphatic hydroxyl groups excluding tert-OH is 2. The highest BCUT2D eigenvalue weighted by molar-refractivity contribution is 5.84. The molecule has 2 saturated carbocycles. The minimum Gasteiger partial charge on any atom is -0.390 e. The molecule has 1 amide bonds. The summed E-state index contributed by atoms with van der Waals surface area (Å²) in [4.78, 5) is 12.7. The fourth-order valence-corrected chi connectivity index (χ4v) is 4.79. The third kappa shape index (κ3) is 2.55. The van der Waals surface area contributed by atoms with E-state index >= 15 is 0 Å². The lowest BCUT2D eigenvalue weighted by atomic mass is 9.80.